The van der Waals surface area contributed by atoms with E-state index in [9.17, 15) is 4.79 Å². The second-order valence-electron chi connectivity index (χ2n) is 5.71. The normalized spacial score (nSPS) is 14.3. The molecule has 0 radical (unpaired) electrons. The van der Waals surface area contributed by atoms with Crippen molar-refractivity contribution in [1.82, 2.24) is 15.3 Å². The molecule has 25 heavy (non-hydrogen) atoms. The molecule has 0 spiro atoms. The van der Waals surface area contributed by atoms with Gasteiger partial charge >= 0.3 is 0 Å². The number of hydrogen-bond donors (Lipinski definition) is 1. The fourth-order valence-electron chi connectivity index (χ4n) is 2.72. The summed E-state index contributed by atoms with van der Waals surface area (Å²) >= 11 is 6.07. The fourth-order valence-corrected chi connectivity index (χ4v) is 2.91. The van der Waals surface area contributed by atoms with Crippen molar-refractivity contribution in [3.63, 3.8) is 0 Å². The number of nitrogens with one attached hydrogen (secondary N) is 1. The SMILES string of the molecule is C=CCNC(=O)c1cnc(N2CCN(c3cccc(Cl)c3)CC2)cn1. The van der Waals surface area contributed by atoms with E-state index in [1.54, 1.807) is 12.3 Å². The molecule has 1 N–H and O–H groups in total. The number of hydrogen-bond acceptors (Lipinski definition) is 5. The molecule has 2 heterocycles. The summed E-state index contributed by atoms with van der Waals surface area (Å²) in [4.78, 5) is 24.9. The van der Waals surface area contributed by atoms with Gasteiger partial charge in [0.2, 0.25) is 0 Å². The lowest BCUT2D eigenvalue weighted by atomic mass is 10.2. The van der Waals surface area contributed by atoms with Gasteiger partial charge in [-0.15, -0.1) is 6.58 Å². The number of carbonyl (C=O) groups excluding carboxylic acids is 1. The molecule has 1 amide bonds. The van der Waals surface area contributed by atoms with Crippen LogP contribution in [0.4, 0.5) is 11.5 Å². The van der Waals surface area contributed by atoms with Crippen LogP contribution in [0, 0.1) is 0 Å². The minimum Gasteiger partial charge on any atom is -0.368 e. The Morgan fingerprint density at radius 2 is 1.96 bits per heavy atom. The fraction of sp³-hybridized carbons (Fsp3) is 0.278. The van der Waals surface area contributed by atoms with E-state index in [4.69, 9.17) is 11.6 Å². The zero-order valence-electron chi connectivity index (χ0n) is 13.9. The number of nitrogens with zero attached hydrogens (tertiary/aromatic N) is 4. The van der Waals surface area contributed by atoms with Gasteiger partial charge in [0, 0.05) is 43.4 Å². The predicted molar refractivity (Wildman–Crippen MR) is 100 cm³/mol. The zero-order chi connectivity index (χ0) is 17.6. The van der Waals surface area contributed by atoms with Crippen LogP contribution in [0.3, 0.4) is 0 Å². The topological polar surface area (TPSA) is 61.4 Å². The van der Waals surface area contributed by atoms with Gasteiger partial charge in [-0.05, 0) is 18.2 Å². The van der Waals surface area contributed by atoms with Crippen LogP contribution in [-0.2, 0) is 0 Å². The maximum absolute atomic E-state index is 11.8. The van der Waals surface area contributed by atoms with Crippen molar-refractivity contribution in [2.75, 3.05) is 42.5 Å². The molecule has 1 aromatic carbocycles. The molecule has 0 atom stereocenters. The summed E-state index contributed by atoms with van der Waals surface area (Å²) < 4.78 is 0. The van der Waals surface area contributed by atoms with Crippen LogP contribution in [0.5, 0.6) is 0 Å². The van der Waals surface area contributed by atoms with Gasteiger partial charge in [0.05, 0.1) is 12.4 Å². The number of benzene rings is 1. The first-order valence-corrected chi connectivity index (χ1v) is 8.52. The number of halogens is 1. The number of aromatic nitrogens is 2. The lowest BCUT2D eigenvalue weighted by Gasteiger charge is -2.36. The van der Waals surface area contributed by atoms with Gasteiger partial charge in [-0.3, -0.25) is 4.79 Å². The van der Waals surface area contributed by atoms with Gasteiger partial charge in [-0.1, -0.05) is 23.7 Å². The van der Waals surface area contributed by atoms with Crippen molar-refractivity contribution in [3.8, 4) is 0 Å². The van der Waals surface area contributed by atoms with Crippen molar-refractivity contribution >= 4 is 29.0 Å². The predicted octanol–water partition coefficient (Wildman–Crippen LogP) is 2.37. The monoisotopic (exact) mass is 357 g/mol. The minimum atomic E-state index is -0.246. The molecule has 3 rings (SSSR count). The summed E-state index contributed by atoms with van der Waals surface area (Å²) in [5, 5.41) is 3.43. The minimum absolute atomic E-state index is 0.246. The first kappa shape index (κ1) is 17.2. The molecule has 1 fully saturated rings. The van der Waals surface area contributed by atoms with Crippen LogP contribution < -0.4 is 15.1 Å². The number of piperazine rings is 1. The molecule has 2 aromatic rings. The maximum Gasteiger partial charge on any atom is 0.271 e. The highest BCUT2D eigenvalue weighted by Gasteiger charge is 2.19. The Morgan fingerprint density at radius 3 is 2.60 bits per heavy atom. The molecule has 1 aliphatic heterocycles. The zero-order valence-corrected chi connectivity index (χ0v) is 14.6. The van der Waals surface area contributed by atoms with E-state index in [1.807, 2.05) is 18.2 Å². The summed E-state index contributed by atoms with van der Waals surface area (Å²) in [5.74, 6) is 0.538. The van der Waals surface area contributed by atoms with E-state index in [0.29, 0.717) is 12.2 Å². The molecule has 1 saturated heterocycles. The van der Waals surface area contributed by atoms with Crippen molar-refractivity contribution < 1.29 is 4.79 Å². The van der Waals surface area contributed by atoms with Crippen molar-refractivity contribution in [2.45, 2.75) is 0 Å². The Bertz CT molecular complexity index is 741. The smallest absolute Gasteiger partial charge is 0.271 e. The highest BCUT2D eigenvalue weighted by Crippen LogP contribution is 2.22. The summed E-state index contributed by atoms with van der Waals surface area (Å²) in [6, 6.07) is 7.89. The number of carbonyl (C=O) groups is 1. The third-order valence-electron chi connectivity index (χ3n) is 4.05. The molecule has 0 aliphatic carbocycles. The molecule has 0 saturated carbocycles. The van der Waals surface area contributed by atoms with Crippen LogP contribution in [0.15, 0.2) is 49.3 Å². The quantitative estimate of drug-likeness (QED) is 0.832. The number of anilines is 2. The lowest BCUT2D eigenvalue weighted by molar-refractivity contribution is 0.0952. The molecule has 0 bridgehead atoms. The Hall–Kier alpha value is -2.60. The largest absolute Gasteiger partial charge is 0.368 e. The van der Waals surface area contributed by atoms with Crippen LogP contribution in [0.1, 0.15) is 10.5 Å². The third kappa shape index (κ3) is 4.28. The Morgan fingerprint density at radius 1 is 1.20 bits per heavy atom. The number of amides is 1. The Balaban J connectivity index is 1.59. The molecular formula is C18H20ClN5O. The molecule has 0 unspecified atom stereocenters. The lowest BCUT2D eigenvalue weighted by Crippen LogP contribution is -2.46. The Labute approximate surface area is 152 Å². The average molecular weight is 358 g/mol. The summed E-state index contributed by atoms with van der Waals surface area (Å²) in [7, 11) is 0. The standard InChI is InChI=1S/C18H20ClN5O/c1-2-6-20-18(25)16-12-22-17(13-21-16)24-9-7-23(8-10-24)15-5-3-4-14(19)11-15/h2-5,11-13H,1,6-10H2,(H,20,25). The first-order chi connectivity index (χ1) is 12.2. The van der Waals surface area contributed by atoms with Crippen LogP contribution in [0.2, 0.25) is 5.02 Å². The highest BCUT2D eigenvalue weighted by atomic mass is 35.5. The molecule has 130 valence electrons. The van der Waals surface area contributed by atoms with Gasteiger partial charge < -0.3 is 15.1 Å². The van der Waals surface area contributed by atoms with Crippen molar-refractivity contribution in [2.24, 2.45) is 0 Å². The van der Waals surface area contributed by atoms with Gasteiger partial charge in [-0.25, -0.2) is 9.97 Å². The average Bonchev–Trinajstić information content (AvgIpc) is 2.66. The van der Waals surface area contributed by atoms with E-state index in [1.165, 1.54) is 6.20 Å². The van der Waals surface area contributed by atoms with Gasteiger partial charge in [0.25, 0.3) is 5.91 Å². The van der Waals surface area contributed by atoms with E-state index in [2.05, 4.69) is 37.7 Å². The van der Waals surface area contributed by atoms with Crippen LogP contribution >= 0.6 is 11.6 Å². The second-order valence-corrected chi connectivity index (χ2v) is 6.15. The second kappa shape index (κ2) is 7.98. The summed E-state index contributed by atoms with van der Waals surface area (Å²) in [5.41, 5.74) is 1.44. The molecule has 1 aromatic heterocycles. The molecule has 6 nitrogen and oxygen atoms in total. The van der Waals surface area contributed by atoms with Crippen LogP contribution in [0.25, 0.3) is 0 Å². The number of rotatable bonds is 5. The first-order valence-electron chi connectivity index (χ1n) is 8.14. The van der Waals surface area contributed by atoms with Gasteiger partial charge in [-0.2, -0.15) is 0 Å². The molecular weight excluding hydrogens is 338 g/mol. The third-order valence-corrected chi connectivity index (χ3v) is 4.29. The van der Waals surface area contributed by atoms with E-state index < -0.39 is 0 Å². The van der Waals surface area contributed by atoms with E-state index in [-0.39, 0.29) is 5.91 Å². The van der Waals surface area contributed by atoms with Crippen molar-refractivity contribution in [1.29, 1.82) is 0 Å². The molecule has 1 aliphatic rings. The Kier molecular flexibility index (Phi) is 5.50. The summed E-state index contributed by atoms with van der Waals surface area (Å²) in [6.07, 6.45) is 4.79. The van der Waals surface area contributed by atoms with Crippen molar-refractivity contribution in [3.05, 3.63) is 60.0 Å². The maximum atomic E-state index is 11.8. The highest BCUT2D eigenvalue weighted by molar-refractivity contribution is 6.30. The summed E-state index contributed by atoms with van der Waals surface area (Å²) in [6.45, 7) is 7.41. The van der Waals surface area contributed by atoms with E-state index in [0.717, 1.165) is 42.7 Å². The van der Waals surface area contributed by atoms with Gasteiger partial charge in [0.15, 0.2) is 0 Å². The van der Waals surface area contributed by atoms with Gasteiger partial charge in [0.1, 0.15) is 11.5 Å². The molecule has 7 heteroatoms. The van der Waals surface area contributed by atoms with Crippen LogP contribution in [-0.4, -0.2) is 48.6 Å². The van der Waals surface area contributed by atoms with E-state index >= 15 is 0 Å².